The van der Waals surface area contributed by atoms with Crippen LogP contribution in [0.5, 0.6) is 5.75 Å². The zero-order chi connectivity index (χ0) is 12.3. The van der Waals surface area contributed by atoms with Crippen LogP contribution >= 0.6 is 0 Å². The van der Waals surface area contributed by atoms with Gasteiger partial charge in [-0.1, -0.05) is 0 Å². The third-order valence-corrected chi connectivity index (χ3v) is 2.31. The Morgan fingerprint density at radius 1 is 1.62 bits per heavy atom. The van der Waals surface area contributed by atoms with Crippen molar-refractivity contribution in [3.63, 3.8) is 0 Å². The van der Waals surface area contributed by atoms with Gasteiger partial charge in [-0.05, 0) is 24.6 Å². The van der Waals surface area contributed by atoms with Gasteiger partial charge in [-0.15, -0.1) is 0 Å². The molecule has 16 heavy (non-hydrogen) atoms. The van der Waals surface area contributed by atoms with Gasteiger partial charge >= 0.3 is 5.97 Å². The molecule has 0 amide bonds. The fraction of sp³-hybridized carbons (Fsp3) is 0.364. The molecule has 1 aromatic carbocycles. The van der Waals surface area contributed by atoms with Gasteiger partial charge in [0.1, 0.15) is 11.6 Å². The minimum atomic E-state index is -1.06. The van der Waals surface area contributed by atoms with Crippen LogP contribution in [0.4, 0.5) is 4.39 Å². The topological polar surface area (TPSA) is 72.5 Å². The van der Waals surface area contributed by atoms with Crippen LogP contribution < -0.4 is 10.5 Å². The maximum atomic E-state index is 13.5. The average Bonchev–Trinajstić information content (AvgIpc) is 2.16. The standard InChI is InChI=1S/C11H14FNO3/c1-6-3-8(12)7(4-10(6)16-2)9(13)5-11(14)15/h3-4,9H,5,13H2,1-2H3,(H,14,15). The number of carboxylic acid groups (broad SMARTS) is 1. The smallest absolute Gasteiger partial charge is 0.305 e. The summed E-state index contributed by atoms with van der Waals surface area (Å²) in [6.07, 6.45) is -0.316. The number of ether oxygens (including phenoxy) is 1. The number of methoxy groups -OCH3 is 1. The van der Waals surface area contributed by atoms with Crippen molar-refractivity contribution in [2.75, 3.05) is 7.11 Å². The van der Waals surface area contributed by atoms with E-state index in [4.69, 9.17) is 15.6 Å². The summed E-state index contributed by atoms with van der Waals surface area (Å²) < 4.78 is 18.6. The summed E-state index contributed by atoms with van der Waals surface area (Å²) in [7, 11) is 1.47. The number of hydrogen-bond acceptors (Lipinski definition) is 3. The van der Waals surface area contributed by atoms with E-state index in [2.05, 4.69) is 0 Å². The Labute approximate surface area is 92.8 Å². The molecule has 1 atom stereocenters. The summed E-state index contributed by atoms with van der Waals surface area (Å²) in [5.41, 5.74) is 6.40. The summed E-state index contributed by atoms with van der Waals surface area (Å²) in [5, 5.41) is 8.58. The number of carbonyl (C=O) groups is 1. The fourth-order valence-corrected chi connectivity index (χ4v) is 1.47. The second kappa shape index (κ2) is 4.94. The number of aryl methyl sites for hydroxylation is 1. The molecule has 0 radical (unpaired) electrons. The number of benzene rings is 1. The van der Waals surface area contributed by atoms with Crippen LogP contribution in [0.3, 0.4) is 0 Å². The molecule has 0 aromatic heterocycles. The first-order valence-corrected chi connectivity index (χ1v) is 4.77. The highest BCUT2D eigenvalue weighted by molar-refractivity contribution is 5.68. The molecule has 0 aliphatic rings. The largest absolute Gasteiger partial charge is 0.496 e. The third-order valence-electron chi connectivity index (χ3n) is 2.31. The van der Waals surface area contributed by atoms with Gasteiger partial charge in [-0.25, -0.2) is 4.39 Å². The van der Waals surface area contributed by atoms with Crippen molar-refractivity contribution in [3.8, 4) is 5.75 Å². The number of hydrogen-bond donors (Lipinski definition) is 2. The highest BCUT2D eigenvalue weighted by Crippen LogP contribution is 2.26. The lowest BCUT2D eigenvalue weighted by molar-refractivity contribution is -0.137. The highest BCUT2D eigenvalue weighted by atomic mass is 19.1. The first kappa shape index (κ1) is 12.4. The van der Waals surface area contributed by atoms with Crippen molar-refractivity contribution < 1.29 is 19.0 Å². The first-order chi connectivity index (χ1) is 7.45. The molecule has 0 spiro atoms. The minimum Gasteiger partial charge on any atom is -0.496 e. The Morgan fingerprint density at radius 2 is 2.25 bits per heavy atom. The van der Waals surface area contributed by atoms with Crippen LogP contribution in [0.15, 0.2) is 12.1 Å². The molecule has 5 heteroatoms. The number of carboxylic acids is 1. The van der Waals surface area contributed by atoms with E-state index in [0.717, 1.165) is 0 Å². The molecule has 0 fully saturated rings. The van der Waals surface area contributed by atoms with Crippen LogP contribution in [-0.2, 0) is 4.79 Å². The minimum absolute atomic E-state index is 0.157. The number of aliphatic carboxylic acids is 1. The molecule has 0 aliphatic carbocycles. The Morgan fingerprint density at radius 3 is 2.75 bits per heavy atom. The highest BCUT2D eigenvalue weighted by Gasteiger charge is 2.17. The molecule has 4 nitrogen and oxygen atoms in total. The van der Waals surface area contributed by atoms with Crippen LogP contribution in [0.25, 0.3) is 0 Å². The van der Waals surface area contributed by atoms with E-state index >= 15 is 0 Å². The zero-order valence-corrected chi connectivity index (χ0v) is 9.16. The third kappa shape index (κ3) is 2.70. The molecular formula is C11H14FNO3. The van der Waals surface area contributed by atoms with Gasteiger partial charge in [-0.3, -0.25) is 4.79 Å². The zero-order valence-electron chi connectivity index (χ0n) is 9.16. The Hall–Kier alpha value is -1.62. The lowest BCUT2D eigenvalue weighted by Crippen LogP contribution is -2.16. The predicted molar refractivity (Wildman–Crippen MR) is 56.9 cm³/mol. The van der Waals surface area contributed by atoms with Gasteiger partial charge in [0.25, 0.3) is 0 Å². The van der Waals surface area contributed by atoms with Crippen molar-refractivity contribution in [3.05, 3.63) is 29.1 Å². The summed E-state index contributed by atoms with van der Waals surface area (Å²) in [4.78, 5) is 10.5. The van der Waals surface area contributed by atoms with Crippen molar-refractivity contribution in [1.82, 2.24) is 0 Å². The van der Waals surface area contributed by atoms with E-state index in [0.29, 0.717) is 11.3 Å². The Bertz CT molecular complexity index is 406. The maximum Gasteiger partial charge on any atom is 0.305 e. The maximum absolute atomic E-state index is 13.5. The Kier molecular flexibility index (Phi) is 3.84. The van der Waals surface area contributed by atoms with Gasteiger partial charge in [0.15, 0.2) is 0 Å². The van der Waals surface area contributed by atoms with Crippen molar-refractivity contribution >= 4 is 5.97 Å². The van der Waals surface area contributed by atoms with E-state index in [9.17, 15) is 9.18 Å². The number of halogens is 1. The average molecular weight is 227 g/mol. The van der Waals surface area contributed by atoms with E-state index < -0.39 is 17.8 Å². The first-order valence-electron chi connectivity index (χ1n) is 4.77. The second-order valence-electron chi connectivity index (χ2n) is 3.55. The summed E-state index contributed by atoms with van der Waals surface area (Å²) >= 11 is 0. The number of rotatable bonds is 4. The van der Waals surface area contributed by atoms with Crippen molar-refractivity contribution in [1.29, 1.82) is 0 Å². The lowest BCUT2D eigenvalue weighted by Gasteiger charge is -2.13. The van der Waals surface area contributed by atoms with E-state index in [-0.39, 0.29) is 12.0 Å². The molecule has 0 bridgehead atoms. The van der Waals surface area contributed by atoms with Gasteiger partial charge in [-0.2, -0.15) is 0 Å². The Balaban J connectivity index is 3.08. The SMILES string of the molecule is COc1cc(C(N)CC(=O)O)c(F)cc1C. The van der Waals surface area contributed by atoms with Crippen LogP contribution in [-0.4, -0.2) is 18.2 Å². The summed E-state index contributed by atoms with van der Waals surface area (Å²) in [6, 6.07) is 1.86. The van der Waals surface area contributed by atoms with Gasteiger partial charge in [0.2, 0.25) is 0 Å². The van der Waals surface area contributed by atoms with Crippen LogP contribution in [0, 0.1) is 12.7 Å². The molecule has 0 heterocycles. The van der Waals surface area contributed by atoms with Crippen LogP contribution in [0.1, 0.15) is 23.6 Å². The van der Waals surface area contributed by atoms with Gasteiger partial charge in [0.05, 0.1) is 13.5 Å². The molecule has 1 aromatic rings. The van der Waals surface area contributed by atoms with Gasteiger partial charge < -0.3 is 15.6 Å². The molecule has 0 saturated carbocycles. The van der Waals surface area contributed by atoms with Crippen molar-refractivity contribution in [2.24, 2.45) is 5.73 Å². The van der Waals surface area contributed by atoms with E-state index in [1.165, 1.54) is 19.2 Å². The van der Waals surface area contributed by atoms with Crippen LogP contribution in [0.2, 0.25) is 0 Å². The number of nitrogens with two attached hydrogens (primary N) is 1. The second-order valence-corrected chi connectivity index (χ2v) is 3.55. The monoisotopic (exact) mass is 227 g/mol. The molecule has 0 aliphatic heterocycles. The van der Waals surface area contributed by atoms with E-state index in [1.807, 2.05) is 0 Å². The molecule has 1 rings (SSSR count). The predicted octanol–water partition coefficient (Wildman–Crippen LogP) is 1.62. The summed E-state index contributed by atoms with van der Waals surface area (Å²) in [6.45, 7) is 1.70. The van der Waals surface area contributed by atoms with Gasteiger partial charge in [0, 0.05) is 11.6 Å². The molecular weight excluding hydrogens is 213 g/mol. The quantitative estimate of drug-likeness (QED) is 0.819. The van der Waals surface area contributed by atoms with Crippen molar-refractivity contribution in [2.45, 2.75) is 19.4 Å². The van der Waals surface area contributed by atoms with E-state index in [1.54, 1.807) is 6.92 Å². The molecule has 3 N–H and O–H groups in total. The normalized spacial score (nSPS) is 12.2. The summed E-state index contributed by atoms with van der Waals surface area (Å²) in [5.74, 6) is -1.07. The molecule has 88 valence electrons. The molecule has 1 unspecified atom stereocenters. The fourth-order valence-electron chi connectivity index (χ4n) is 1.47. The lowest BCUT2D eigenvalue weighted by atomic mass is 10.0. The molecule has 0 saturated heterocycles.